The van der Waals surface area contributed by atoms with E-state index in [0.717, 1.165) is 5.69 Å². The number of amides is 1. The summed E-state index contributed by atoms with van der Waals surface area (Å²) in [5.74, 6) is 0.907. The summed E-state index contributed by atoms with van der Waals surface area (Å²) >= 11 is 0. The maximum Gasteiger partial charge on any atom is 0.255 e. The summed E-state index contributed by atoms with van der Waals surface area (Å²) in [5, 5.41) is 2.89. The Labute approximate surface area is 165 Å². The number of carbonyl (C=O) groups is 1. The third-order valence-electron chi connectivity index (χ3n) is 4.98. The molecule has 0 spiro atoms. The number of hydrogen-bond acceptors (Lipinski definition) is 5. The summed E-state index contributed by atoms with van der Waals surface area (Å²) in [4.78, 5) is 34.2. The monoisotopic (exact) mass is 384 g/mol. The molecule has 0 aliphatic carbocycles. The number of rotatable bonds is 6. The molecule has 1 aliphatic rings. The highest BCUT2D eigenvalue weighted by Crippen LogP contribution is 2.17. The zero-order valence-corrected chi connectivity index (χ0v) is 16.7. The van der Waals surface area contributed by atoms with Crippen LogP contribution in [-0.4, -0.2) is 42.2 Å². The Balaban J connectivity index is 1.60. The highest BCUT2D eigenvalue weighted by Gasteiger charge is 2.16. The Morgan fingerprint density at radius 2 is 1.93 bits per heavy atom. The molecule has 150 valence electrons. The molecule has 0 bridgehead atoms. The lowest BCUT2D eigenvalue weighted by molar-refractivity contribution is -0.116. The second kappa shape index (κ2) is 9.01. The Morgan fingerprint density at radius 3 is 2.54 bits per heavy atom. The van der Waals surface area contributed by atoms with Gasteiger partial charge in [0.25, 0.3) is 5.56 Å². The van der Waals surface area contributed by atoms with E-state index in [2.05, 4.69) is 29.1 Å². The minimum absolute atomic E-state index is 0.117. The largest absolute Gasteiger partial charge is 0.378 e. The third-order valence-corrected chi connectivity index (χ3v) is 4.98. The Hall–Kier alpha value is -2.67. The van der Waals surface area contributed by atoms with Crippen molar-refractivity contribution in [3.8, 4) is 0 Å². The predicted molar refractivity (Wildman–Crippen MR) is 110 cm³/mol. The molecule has 1 amide bonds. The number of ether oxygens (including phenoxy) is 1. The number of H-pyrrole nitrogens is 1. The van der Waals surface area contributed by atoms with E-state index in [1.807, 2.05) is 36.1 Å². The van der Waals surface area contributed by atoms with Crippen molar-refractivity contribution in [1.29, 1.82) is 0 Å². The summed E-state index contributed by atoms with van der Waals surface area (Å²) in [5.41, 5.74) is 3.04. The highest BCUT2D eigenvalue weighted by atomic mass is 16.5. The maximum atomic E-state index is 12.5. The van der Waals surface area contributed by atoms with Crippen molar-refractivity contribution in [2.24, 2.45) is 0 Å². The van der Waals surface area contributed by atoms with Crippen LogP contribution in [0.4, 0.5) is 11.6 Å². The molecular formula is C21H28N4O3. The number of anilines is 2. The predicted octanol–water partition coefficient (Wildman–Crippen LogP) is 2.61. The van der Waals surface area contributed by atoms with E-state index in [0.29, 0.717) is 55.8 Å². The molecule has 1 aliphatic heterocycles. The second-order valence-corrected chi connectivity index (χ2v) is 7.38. The van der Waals surface area contributed by atoms with Crippen LogP contribution in [0.3, 0.4) is 0 Å². The SMILES string of the molecule is Cc1nc(N2CCOCC2)[nH]c(=O)c1CCC(=O)Nc1ccc(C(C)C)cc1. The number of carbonyl (C=O) groups excluding carboxylic acids is 1. The lowest BCUT2D eigenvalue weighted by atomic mass is 10.0. The van der Waals surface area contributed by atoms with Crippen LogP contribution < -0.4 is 15.8 Å². The van der Waals surface area contributed by atoms with Crippen LogP contribution in [0, 0.1) is 6.92 Å². The summed E-state index contributed by atoms with van der Waals surface area (Å²) in [6.07, 6.45) is 0.585. The van der Waals surface area contributed by atoms with Gasteiger partial charge in [-0.15, -0.1) is 0 Å². The number of aromatic amines is 1. The minimum atomic E-state index is -0.178. The fourth-order valence-corrected chi connectivity index (χ4v) is 3.23. The Bertz CT molecular complexity index is 868. The molecule has 0 unspecified atom stereocenters. The van der Waals surface area contributed by atoms with E-state index in [1.54, 1.807) is 0 Å². The molecule has 2 N–H and O–H groups in total. The van der Waals surface area contributed by atoms with Gasteiger partial charge in [0, 0.05) is 36.5 Å². The van der Waals surface area contributed by atoms with Gasteiger partial charge in [-0.1, -0.05) is 26.0 Å². The number of nitrogens with zero attached hydrogens (tertiary/aromatic N) is 2. The highest BCUT2D eigenvalue weighted by molar-refractivity contribution is 5.90. The van der Waals surface area contributed by atoms with Crippen molar-refractivity contribution < 1.29 is 9.53 Å². The third kappa shape index (κ3) is 4.98. The molecule has 7 nitrogen and oxygen atoms in total. The summed E-state index contributed by atoms with van der Waals surface area (Å²) < 4.78 is 5.33. The first-order valence-electron chi connectivity index (χ1n) is 9.76. The first kappa shape index (κ1) is 20.1. The standard InChI is InChI=1S/C21H28N4O3/c1-14(2)16-4-6-17(7-5-16)23-19(26)9-8-18-15(3)22-21(24-20(18)27)25-10-12-28-13-11-25/h4-7,14H,8-13H2,1-3H3,(H,23,26)(H,22,24,27). The van der Waals surface area contributed by atoms with Crippen molar-refractivity contribution in [3.05, 3.63) is 51.4 Å². The smallest absolute Gasteiger partial charge is 0.255 e. The fourth-order valence-electron chi connectivity index (χ4n) is 3.23. The molecule has 3 rings (SSSR count). The van der Waals surface area contributed by atoms with Crippen LogP contribution in [0.15, 0.2) is 29.1 Å². The normalized spacial score (nSPS) is 14.4. The Kier molecular flexibility index (Phi) is 6.46. The van der Waals surface area contributed by atoms with E-state index in [-0.39, 0.29) is 17.9 Å². The van der Waals surface area contributed by atoms with E-state index < -0.39 is 0 Å². The summed E-state index contributed by atoms with van der Waals surface area (Å²) in [6.45, 7) is 8.75. The molecule has 1 saturated heterocycles. The molecule has 1 fully saturated rings. The first-order valence-corrected chi connectivity index (χ1v) is 9.76. The van der Waals surface area contributed by atoms with E-state index in [1.165, 1.54) is 5.56 Å². The van der Waals surface area contributed by atoms with Crippen molar-refractivity contribution in [1.82, 2.24) is 9.97 Å². The summed E-state index contributed by atoms with van der Waals surface area (Å²) in [6, 6.07) is 7.85. The minimum Gasteiger partial charge on any atom is -0.378 e. The first-order chi connectivity index (χ1) is 13.4. The van der Waals surface area contributed by atoms with Crippen LogP contribution in [0.1, 0.15) is 43.0 Å². The van der Waals surface area contributed by atoms with E-state index >= 15 is 0 Å². The molecule has 2 aromatic rings. The van der Waals surface area contributed by atoms with Crippen LogP contribution in [0.25, 0.3) is 0 Å². The number of nitrogens with one attached hydrogen (secondary N) is 2. The van der Waals surface area contributed by atoms with Gasteiger partial charge in [0.15, 0.2) is 0 Å². The molecule has 28 heavy (non-hydrogen) atoms. The van der Waals surface area contributed by atoms with Gasteiger partial charge < -0.3 is 15.0 Å². The van der Waals surface area contributed by atoms with Crippen molar-refractivity contribution in [3.63, 3.8) is 0 Å². The zero-order valence-electron chi connectivity index (χ0n) is 16.7. The molecular weight excluding hydrogens is 356 g/mol. The molecule has 2 heterocycles. The van der Waals surface area contributed by atoms with Gasteiger partial charge >= 0.3 is 0 Å². The van der Waals surface area contributed by atoms with Crippen molar-refractivity contribution >= 4 is 17.5 Å². The van der Waals surface area contributed by atoms with Crippen molar-refractivity contribution in [2.75, 3.05) is 36.5 Å². The zero-order chi connectivity index (χ0) is 20.1. The van der Waals surface area contributed by atoms with E-state index in [9.17, 15) is 9.59 Å². The fraction of sp³-hybridized carbons (Fsp3) is 0.476. The number of hydrogen-bond donors (Lipinski definition) is 2. The molecule has 0 atom stereocenters. The molecule has 7 heteroatoms. The van der Waals surface area contributed by atoms with Gasteiger partial charge in [-0.05, 0) is 37.0 Å². The lowest BCUT2D eigenvalue weighted by Gasteiger charge is -2.27. The number of aryl methyl sites for hydroxylation is 1. The lowest BCUT2D eigenvalue weighted by Crippen LogP contribution is -2.38. The topological polar surface area (TPSA) is 87.3 Å². The average molecular weight is 384 g/mol. The molecule has 1 aromatic carbocycles. The van der Waals surface area contributed by atoms with Gasteiger partial charge in [0.2, 0.25) is 11.9 Å². The maximum absolute atomic E-state index is 12.5. The summed E-state index contributed by atoms with van der Waals surface area (Å²) in [7, 11) is 0. The van der Waals surface area contributed by atoms with Crippen LogP contribution in [0.2, 0.25) is 0 Å². The number of morpholine rings is 1. The quantitative estimate of drug-likeness (QED) is 0.799. The molecule has 0 saturated carbocycles. The second-order valence-electron chi connectivity index (χ2n) is 7.38. The van der Waals surface area contributed by atoms with Crippen LogP contribution >= 0.6 is 0 Å². The average Bonchev–Trinajstić information content (AvgIpc) is 2.68. The van der Waals surface area contributed by atoms with Crippen LogP contribution in [-0.2, 0) is 16.0 Å². The number of aromatic nitrogens is 2. The molecule has 1 aromatic heterocycles. The van der Waals surface area contributed by atoms with Gasteiger partial charge in [-0.2, -0.15) is 0 Å². The van der Waals surface area contributed by atoms with Gasteiger partial charge in [0.05, 0.1) is 13.2 Å². The van der Waals surface area contributed by atoms with E-state index in [4.69, 9.17) is 4.74 Å². The van der Waals surface area contributed by atoms with Gasteiger partial charge in [-0.25, -0.2) is 4.98 Å². The van der Waals surface area contributed by atoms with Crippen LogP contribution in [0.5, 0.6) is 0 Å². The Morgan fingerprint density at radius 1 is 1.25 bits per heavy atom. The molecule has 0 radical (unpaired) electrons. The van der Waals surface area contributed by atoms with Crippen molar-refractivity contribution in [2.45, 2.75) is 39.5 Å². The van der Waals surface area contributed by atoms with Gasteiger partial charge in [0.1, 0.15) is 0 Å². The van der Waals surface area contributed by atoms with Gasteiger partial charge in [-0.3, -0.25) is 14.6 Å². The number of benzene rings is 1.